The van der Waals surface area contributed by atoms with Gasteiger partial charge in [0.1, 0.15) is 0 Å². The van der Waals surface area contributed by atoms with E-state index in [1.54, 1.807) is 7.11 Å². The Bertz CT molecular complexity index is 305. The molecule has 1 aliphatic heterocycles. The molecule has 1 fully saturated rings. The zero-order chi connectivity index (χ0) is 14.8. The molecular formula is C14H24AcClNO3. The summed E-state index contributed by atoms with van der Waals surface area (Å²) in [6.07, 6.45) is 7.46. The maximum absolute atomic E-state index is 9.93. The molecule has 1 rings (SSSR count). The molecule has 1 saturated heterocycles. The third-order valence-electron chi connectivity index (χ3n) is 3.18. The number of carbonyl (C=O) groups excluding carboxylic acids is 1. The van der Waals surface area contributed by atoms with Crippen LogP contribution in [0.15, 0.2) is 0 Å². The number of carbonyl (C=O) groups is 1. The molecule has 0 aliphatic carbocycles. The van der Waals surface area contributed by atoms with E-state index in [4.69, 9.17) is 11.2 Å². The Balaban J connectivity index is 0. The predicted octanol–water partition coefficient (Wildman–Crippen LogP) is 1.50. The molecule has 0 saturated carbocycles. The zero-order valence-electron chi connectivity index (χ0n) is 12.5. The number of hydrogen-bond donors (Lipinski definition) is 1. The number of halogens is 1. The van der Waals surface area contributed by atoms with Gasteiger partial charge in [-0.15, -0.1) is 12.3 Å². The number of terminal acetylenes is 1. The summed E-state index contributed by atoms with van der Waals surface area (Å²) < 4.78 is 5.43. The van der Waals surface area contributed by atoms with E-state index in [-0.39, 0.29) is 67.4 Å². The van der Waals surface area contributed by atoms with Crippen LogP contribution in [0.4, 0.5) is 0 Å². The van der Waals surface area contributed by atoms with Gasteiger partial charge in [0, 0.05) is 83.5 Å². The van der Waals surface area contributed by atoms with Gasteiger partial charge in [-0.05, 0) is 31.5 Å². The van der Waals surface area contributed by atoms with Crippen LogP contribution in [0.1, 0.15) is 26.2 Å². The monoisotopic (exact) mass is 516 g/mol. The van der Waals surface area contributed by atoms with Crippen LogP contribution < -0.4 is 0 Å². The van der Waals surface area contributed by atoms with Crippen LogP contribution in [0, 0.1) is 62.3 Å². The van der Waals surface area contributed by atoms with Gasteiger partial charge in [0.2, 0.25) is 5.24 Å². The average Bonchev–Trinajstić information content (AvgIpc) is 2.33. The second-order valence-electron chi connectivity index (χ2n) is 4.77. The molecular weight excluding hydrogens is 493 g/mol. The molecule has 1 N–H and O–H groups in total. The third kappa shape index (κ3) is 10.6. The molecule has 6 heteroatoms. The average molecular weight is 517 g/mol. The number of ether oxygens (including phenoxy) is 1. The number of aliphatic hydroxyl groups is 1. The Morgan fingerprint density at radius 2 is 2.20 bits per heavy atom. The van der Waals surface area contributed by atoms with Crippen LogP contribution in [0.3, 0.4) is 0 Å². The van der Waals surface area contributed by atoms with Crippen molar-refractivity contribution in [2.75, 3.05) is 27.2 Å². The van der Waals surface area contributed by atoms with Crippen LogP contribution in [-0.2, 0) is 9.53 Å². The summed E-state index contributed by atoms with van der Waals surface area (Å²) in [7, 11) is 3.77. The van der Waals surface area contributed by atoms with Crippen molar-refractivity contribution in [1.82, 2.24) is 4.90 Å². The Hall–Kier alpha value is 0.842. The predicted molar refractivity (Wildman–Crippen MR) is 77.0 cm³/mol. The van der Waals surface area contributed by atoms with E-state index in [2.05, 4.69) is 29.5 Å². The van der Waals surface area contributed by atoms with Crippen molar-refractivity contribution in [2.24, 2.45) is 5.92 Å². The molecule has 0 aromatic rings. The summed E-state index contributed by atoms with van der Waals surface area (Å²) in [6, 6.07) is 0. The van der Waals surface area contributed by atoms with E-state index in [0.717, 1.165) is 25.9 Å². The first kappa shape index (κ1) is 23.1. The summed E-state index contributed by atoms with van der Waals surface area (Å²) in [4.78, 5) is 11.4. The minimum Gasteiger partial charge on any atom is -0.393 e. The van der Waals surface area contributed by atoms with Crippen LogP contribution in [0.5, 0.6) is 0 Å². The summed E-state index contributed by atoms with van der Waals surface area (Å²) in [5.41, 5.74) is 0. The van der Waals surface area contributed by atoms with Gasteiger partial charge in [0.25, 0.3) is 0 Å². The minimum atomic E-state index is -0.361. The van der Waals surface area contributed by atoms with Gasteiger partial charge in [0.05, 0.1) is 12.2 Å². The van der Waals surface area contributed by atoms with E-state index in [9.17, 15) is 9.90 Å². The van der Waals surface area contributed by atoms with Crippen molar-refractivity contribution in [1.29, 1.82) is 0 Å². The molecule has 0 amide bonds. The fourth-order valence-corrected chi connectivity index (χ4v) is 2.24. The summed E-state index contributed by atoms with van der Waals surface area (Å²) in [5.74, 6) is 2.82. The van der Waals surface area contributed by atoms with Crippen LogP contribution in [-0.4, -0.2) is 54.7 Å². The minimum absolute atomic E-state index is 0. The second kappa shape index (κ2) is 13.5. The van der Waals surface area contributed by atoms with Gasteiger partial charge in [-0.25, -0.2) is 0 Å². The topological polar surface area (TPSA) is 49.8 Å². The number of hydrogen-bond acceptors (Lipinski definition) is 4. The number of rotatable bonds is 4. The SMILES string of the molecule is C#CCCC(OC)C1CN(C)CCC1O.CC(=O)Cl.[Ac]. The Labute approximate surface area is 163 Å². The smallest absolute Gasteiger partial charge is 0.218 e. The van der Waals surface area contributed by atoms with Crippen molar-refractivity contribution in [3.63, 3.8) is 0 Å². The van der Waals surface area contributed by atoms with E-state index in [1.165, 1.54) is 6.92 Å². The zero-order valence-corrected chi connectivity index (χ0v) is 18.0. The quantitative estimate of drug-likeness (QED) is 0.455. The van der Waals surface area contributed by atoms with E-state index in [0.29, 0.717) is 6.42 Å². The Morgan fingerprint density at radius 3 is 2.65 bits per heavy atom. The van der Waals surface area contributed by atoms with E-state index < -0.39 is 0 Å². The number of nitrogens with zero attached hydrogens (tertiary/aromatic N) is 1. The van der Waals surface area contributed by atoms with Crippen molar-refractivity contribution in [3.05, 3.63) is 0 Å². The molecule has 1 aliphatic rings. The first-order chi connectivity index (χ1) is 8.92. The van der Waals surface area contributed by atoms with Crippen LogP contribution in [0.2, 0.25) is 0 Å². The Morgan fingerprint density at radius 1 is 1.65 bits per heavy atom. The molecule has 0 spiro atoms. The first-order valence-electron chi connectivity index (χ1n) is 6.41. The van der Waals surface area contributed by atoms with E-state index in [1.807, 2.05) is 0 Å². The van der Waals surface area contributed by atoms with Gasteiger partial charge < -0.3 is 14.7 Å². The molecule has 1 heterocycles. The summed E-state index contributed by atoms with van der Waals surface area (Å²) in [6.45, 7) is 3.15. The first-order valence-corrected chi connectivity index (χ1v) is 6.79. The summed E-state index contributed by atoms with van der Waals surface area (Å²) >= 11 is 4.64. The van der Waals surface area contributed by atoms with Crippen LogP contribution in [0.25, 0.3) is 0 Å². The largest absolute Gasteiger partial charge is 0.393 e. The number of piperidine rings is 1. The number of likely N-dealkylation sites (tertiary alicyclic amines) is 1. The van der Waals surface area contributed by atoms with Gasteiger partial charge >= 0.3 is 0 Å². The van der Waals surface area contributed by atoms with E-state index >= 15 is 0 Å². The fourth-order valence-electron chi connectivity index (χ4n) is 2.24. The molecule has 1 radical (unpaired) electrons. The van der Waals surface area contributed by atoms with Crippen molar-refractivity contribution in [2.45, 2.75) is 38.4 Å². The standard InChI is InChI=1S/C12H21NO2.C2H3ClO.Ac/c1-4-5-6-12(15-3)10-9-13(2)8-7-11(10)14;1-2(3)4;/h1,10-12,14H,5-9H2,2-3H3;1H3;. The third-order valence-corrected chi connectivity index (χ3v) is 3.18. The molecule has 0 aromatic heterocycles. The normalized spacial score (nSPS) is 23.6. The molecule has 113 valence electrons. The van der Waals surface area contributed by atoms with Crippen molar-refractivity contribution < 1.29 is 58.7 Å². The maximum Gasteiger partial charge on any atom is 0.218 e. The van der Waals surface area contributed by atoms with Gasteiger partial charge in [0.15, 0.2) is 0 Å². The second-order valence-corrected chi connectivity index (χ2v) is 5.30. The molecule has 0 bridgehead atoms. The van der Waals surface area contributed by atoms with Crippen molar-refractivity contribution >= 4 is 16.8 Å². The van der Waals surface area contributed by atoms with Gasteiger partial charge in [-0.1, -0.05) is 0 Å². The van der Waals surface area contributed by atoms with Gasteiger partial charge in [-0.2, -0.15) is 0 Å². The fraction of sp³-hybridized carbons (Fsp3) is 0.786. The van der Waals surface area contributed by atoms with Gasteiger partial charge in [-0.3, -0.25) is 4.79 Å². The maximum atomic E-state index is 9.93. The molecule has 3 unspecified atom stereocenters. The molecule has 0 aromatic carbocycles. The van der Waals surface area contributed by atoms with Crippen LogP contribution >= 0.6 is 11.6 Å². The molecule has 4 nitrogen and oxygen atoms in total. The number of aliphatic hydroxyl groups excluding tert-OH is 1. The molecule has 3 atom stereocenters. The summed E-state index contributed by atoms with van der Waals surface area (Å²) in [5, 5.41) is 9.57. The number of methoxy groups -OCH3 is 1. The molecule has 20 heavy (non-hydrogen) atoms. The van der Waals surface area contributed by atoms with Crippen molar-refractivity contribution in [3.8, 4) is 12.3 Å². The Kier molecular flexibility index (Phi) is 15.6.